The molecule has 1 amide bonds. The van der Waals surface area contributed by atoms with E-state index in [-0.39, 0.29) is 29.4 Å². The molecule has 4 heterocycles. The number of nitrogens with two attached hydrogens (primary N) is 1. The number of ether oxygens (including phenoxy) is 2. The third-order valence-electron chi connectivity index (χ3n) is 10.2. The number of amides is 1. The van der Waals surface area contributed by atoms with E-state index in [9.17, 15) is 19.8 Å². The fraction of sp³-hybridized carbons (Fsp3) is 0.462. The standard InChI is InChI=1S/C39H51N7O6/c1-44(18-15-41-25-34(48)31-5-7-33(47)38-32(31)6-8-36(49)43-38)37(50)11-21-51-20-10-28-3-2-4-29(23-28)26-45-16-12-39(13-17-45)27-46(19-22-52-39)35-24-30(40)9-14-42-35/h2-9,14,23-24,34,41,47-48H,10-13,15-22,25-27H2,1H3,(H2,40,42)(H,43,49)/t34-/m0/s1. The number of aromatic nitrogens is 2. The average Bonchev–Trinajstić information content (AvgIpc) is 3.14. The number of phenols is 1. The van der Waals surface area contributed by atoms with E-state index in [1.165, 1.54) is 23.3 Å². The fourth-order valence-electron chi connectivity index (χ4n) is 7.12. The molecule has 52 heavy (non-hydrogen) atoms. The molecule has 2 saturated heterocycles. The number of aromatic hydroxyl groups is 1. The fourth-order valence-corrected chi connectivity index (χ4v) is 7.12. The Hall–Kier alpha value is -4.53. The number of hydrogen-bond donors (Lipinski definition) is 5. The van der Waals surface area contributed by atoms with Gasteiger partial charge in [-0.15, -0.1) is 0 Å². The average molecular weight is 714 g/mol. The summed E-state index contributed by atoms with van der Waals surface area (Å²) in [7, 11) is 1.76. The van der Waals surface area contributed by atoms with Crippen LogP contribution in [0.4, 0.5) is 11.5 Å². The number of hydrogen-bond acceptors (Lipinski definition) is 11. The zero-order valence-electron chi connectivity index (χ0n) is 29.9. The maximum Gasteiger partial charge on any atom is 0.248 e. The summed E-state index contributed by atoms with van der Waals surface area (Å²) < 4.78 is 12.2. The topological polar surface area (TPSA) is 170 Å². The van der Waals surface area contributed by atoms with E-state index in [2.05, 4.69) is 49.4 Å². The number of nitrogen functional groups attached to an aromatic ring is 1. The molecule has 1 spiro atoms. The van der Waals surface area contributed by atoms with Crippen LogP contribution in [0, 0.1) is 0 Å². The van der Waals surface area contributed by atoms with Gasteiger partial charge in [-0.3, -0.25) is 14.5 Å². The van der Waals surface area contributed by atoms with Crippen LogP contribution in [-0.4, -0.2) is 114 Å². The Morgan fingerprint density at radius 1 is 1.12 bits per heavy atom. The molecule has 4 aromatic rings. The van der Waals surface area contributed by atoms with Crippen LogP contribution in [-0.2, 0) is 27.2 Å². The molecule has 13 heteroatoms. The number of carbonyl (C=O) groups is 1. The number of pyridine rings is 2. The number of nitrogens with zero attached hydrogens (tertiary/aromatic N) is 4. The van der Waals surface area contributed by atoms with Gasteiger partial charge in [0, 0.05) is 88.8 Å². The van der Waals surface area contributed by atoms with Gasteiger partial charge in [0.2, 0.25) is 11.5 Å². The highest BCUT2D eigenvalue weighted by Gasteiger charge is 2.40. The first kappa shape index (κ1) is 37.2. The minimum atomic E-state index is -0.857. The zero-order chi connectivity index (χ0) is 36.5. The molecule has 2 aliphatic rings. The van der Waals surface area contributed by atoms with Crippen molar-refractivity contribution in [2.45, 2.75) is 43.9 Å². The number of fused-ring (bicyclic) bond motifs is 1. The first-order valence-corrected chi connectivity index (χ1v) is 18.1. The van der Waals surface area contributed by atoms with E-state index >= 15 is 0 Å². The molecule has 2 fully saturated rings. The lowest BCUT2D eigenvalue weighted by Crippen LogP contribution is -2.57. The Kier molecular flexibility index (Phi) is 12.4. The van der Waals surface area contributed by atoms with Crippen LogP contribution in [0.1, 0.15) is 42.1 Å². The number of anilines is 2. The van der Waals surface area contributed by atoms with Gasteiger partial charge in [0.15, 0.2) is 0 Å². The smallest absolute Gasteiger partial charge is 0.248 e. The predicted molar refractivity (Wildman–Crippen MR) is 201 cm³/mol. The van der Waals surface area contributed by atoms with Gasteiger partial charge in [-0.05, 0) is 54.2 Å². The molecular weight excluding hydrogens is 662 g/mol. The number of H-pyrrole nitrogens is 1. The first-order valence-electron chi connectivity index (χ1n) is 18.1. The number of rotatable bonds is 15. The van der Waals surface area contributed by atoms with E-state index in [0.29, 0.717) is 55.8 Å². The van der Waals surface area contributed by atoms with Gasteiger partial charge in [0.1, 0.15) is 11.6 Å². The lowest BCUT2D eigenvalue weighted by Gasteiger charge is -2.47. The number of morpholine rings is 1. The third kappa shape index (κ3) is 9.66. The number of aliphatic hydroxyl groups excluding tert-OH is 1. The predicted octanol–water partition coefficient (Wildman–Crippen LogP) is 2.81. The van der Waals surface area contributed by atoms with Gasteiger partial charge >= 0.3 is 0 Å². The van der Waals surface area contributed by atoms with Crippen molar-refractivity contribution in [3.05, 3.63) is 93.9 Å². The molecule has 2 aliphatic heterocycles. The van der Waals surface area contributed by atoms with E-state index < -0.39 is 6.10 Å². The van der Waals surface area contributed by atoms with Gasteiger partial charge in [-0.2, -0.15) is 0 Å². The summed E-state index contributed by atoms with van der Waals surface area (Å²) in [6.45, 7) is 7.34. The Morgan fingerprint density at radius 3 is 2.77 bits per heavy atom. The number of benzene rings is 2. The maximum atomic E-state index is 12.7. The van der Waals surface area contributed by atoms with Crippen molar-refractivity contribution in [1.82, 2.24) is 25.1 Å². The summed E-state index contributed by atoms with van der Waals surface area (Å²) >= 11 is 0. The number of carbonyl (C=O) groups excluding carboxylic acids is 1. The van der Waals surface area contributed by atoms with Crippen molar-refractivity contribution in [3.63, 3.8) is 0 Å². The van der Waals surface area contributed by atoms with Crippen molar-refractivity contribution in [2.75, 3.05) is 83.3 Å². The van der Waals surface area contributed by atoms with Crippen LogP contribution in [0.15, 0.2) is 71.7 Å². The van der Waals surface area contributed by atoms with Crippen molar-refractivity contribution >= 4 is 28.3 Å². The largest absolute Gasteiger partial charge is 0.506 e. The number of phenolic OH excluding ortho intramolecular Hbond substituents is 1. The van der Waals surface area contributed by atoms with Gasteiger partial charge in [-0.1, -0.05) is 30.3 Å². The van der Waals surface area contributed by atoms with Gasteiger partial charge in [0.25, 0.3) is 0 Å². The van der Waals surface area contributed by atoms with E-state index in [4.69, 9.17) is 15.2 Å². The van der Waals surface area contributed by atoms with E-state index in [1.54, 1.807) is 30.3 Å². The molecule has 6 N–H and O–H groups in total. The third-order valence-corrected chi connectivity index (χ3v) is 10.2. The molecule has 2 aromatic heterocycles. The summed E-state index contributed by atoms with van der Waals surface area (Å²) in [5.74, 6) is 0.866. The number of piperidine rings is 1. The lowest BCUT2D eigenvalue weighted by molar-refractivity contribution is -0.131. The Balaban J connectivity index is 0.852. The minimum absolute atomic E-state index is 0.00564. The van der Waals surface area contributed by atoms with Crippen molar-refractivity contribution in [2.24, 2.45) is 0 Å². The SMILES string of the molecule is CN(CCNC[C@H](O)c1ccc(O)c2[nH]c(=O)ccc12)C(=O)CCOCCc1cccc(CN2CCC3(CC2)CN(c2cc(N)ccn2)CCO3)c1. The Morgan fingerprint density at radius 2 is 1.94 bits per heavy atom. The second-order valence-corrected chi connectivity index (χ2v) is 13.9. The Labute approximate surface area is 304 Å². The quantitative estimate of drug-likeness (QED) is 0.115. The van der Waals surface area contributed by atoms with Crippen LogP contribution in [0.25, 0.3) is 10.9 Å². The van der Waals surface area contributed by atoms with Gasteiger partial charge in [0.05, 0.1) is 43.5 Å². The molecular formula is C39H51N7O6. The number of nitrogens with one attached hydrogen (secondary N) is 2. The number of likely N-dealkylation sites (N-methyl/N-ethyl adjacent to an activating group) is 1. The number of aliphatic hydroxyl groups is 1. The highest BCUT2D eigenvalue weighted by molar-refractivity contribution is 5.87. The summed E-state index contributed by atoms with van der Waals surface area (Å²) in [4.78, 5) is 37.9. The van der Waals surface area contributed by atoms with Crippen LogP contribution < -0.4 is 21.5 Å². The molecule has 13 nitrogen and oxygen atoms in total. The van der Waals surface area contributed by atoms with Crippen molar-refractivity contribution < 1.29 is 24.5 Å². The summed E-state index contributed by atoms with van der Waals surface area (Å²) in [5, 5.41) is 24.6. The molecule has 0 bridgehead atoms. The highest BCUT2D eigenvalue weighted by Crippen LogP contribution is 2.33. The molecule has 2 aromatic carbocycles. The second-order valence-electron chi connectivity index (χ2n) is 13.9. The maximum absolute atomic E-state index is 12.7. The minimum Gasteiger partial charge on any atom is -0.506 e. The van der Waals surface area contributed by atoms with Crippen molar-refractivity contribution in [1.29, 1.82) is 0 Å². The zero-order valence-corrected chi connectivity index (χ0v) is 29.9. The Bertz CT molecular complexity index is 1860. The van der Waals surface area contributed by atoms with Gasteiger partial charge in [-0.25, -0.2) is 4.98 Å². The van der Waals surface area contributed by atoms with Crippen LogP contribution in [0.2, 0.25) is 0 Å². The second kappa shape index (κ2) is 17.3. The van der Waals surface area contributed by atoms with E-state index in [1.807, 2.05) is 12.1 Å². The summed E-state index contributed by atoms with van der Waals surface area (Å²) in [5.41, 5.74) is 9.66. The molecule has 0 radical (unpaired) electrons. The van der Waals surface area contributed by atoms with Crippen molar-refractivity contribution in [3.8, 4) is 5.75 Å². The summed E-state index contributed by atoms with van der Waals surface area (Å²) in [6.07, 6.45) is 3.95. The molecule has 278 valence electrons. The van der Waals surface area contributed by atoms with Crippen LogP contribution in [0.5, 0.6) is 5.75 Å². The van der Waals surface area contributed by atoms with E-state index in [0.717, 1.165) is 63.5 Å². The molecule has 6 rings (SSSR count). The first-order chi connectivity index (χ1) is 25.2. The summed E-state index contributed by atoms with van der Waals surface area (Å²) in [6, 6.07) is 18.5. The normalized spacial score (nSPS) is 16.7. The van der Waals surface area contributed by atoms with Gasteiger partial charge < -0.3 is 45.5 Å². The molecule has 0 unspecified atom stereocenters. The van der Waals surface area contributed by atoms with Crippen LogP contribution in [0.3, 0.4) is 0 Å². The lowest BCUT2D eigenvalue weighted by atomic mass is 9.89. The molecule has 0 aliphatic carbocycles. The molecule has 1 atom stereocenters. The van der Waals surface area contributed by atoms with Crippen LogP contribution >= 0.6 is 0 Å². The number of likely N-dealkylation sites (tertiary alicyclic amines) is 1. The highest BCUT2D eigenvalue weighted by atomic mass is 16.5. The number of aromatic amines is 1. The molecule has 0 saturated carbocycles. The monoisotopic (exact) mass is 713 g/mol.